The van der Waals surface area contributed by atoms with Crippen LogP contribution in [0, 0.1) is 5.92 Å². The maximum absolute atomic E-state index is 13.9. The van der Waals surface area contributed by atoms with Crippen LogP contribution < -0.4 is 14.8 Å². The Morgan fingerprint density at radius 3 is 2.35 bits per heavy atom. The number of methoxy groups -OCH3 is 4. The number of nitrogens with zero attached hydrogens (tertiary/aromatic N) is 1. The van der Waals surface area contributed by atoms with Crippen LogP contribution in [0.1, 0.15) is 22.7 Å². The highest BCUT2D eigenvalue weighted by molar-refractivity contribution is 6.11. The largest absolute Gasteiger partial charge is 0.493 e. The van der Waals surface area contributed by atoms with Crippen LogP contribution >= 0.6 is 0 Å². The minimum absolute atomic E-state index is 0.354. The molecule has 0 bridgehead atoms. The van der Waals surface area contributed by atoms with Gasteiger partial charge in [0.2, 0.25) is 5.91 Å². The van der Waals surface area contributed by atoms with Gasteiger partial charge in [-0.05, 0) is 41.3 Å². The molecule has 1 N–H and O–H groups in total. The van der Waals surface area contributed by atoms with Gasteiger partial charge in [-0.25, -0.2) is 0 Å². The van der Waals surface area contributed by atoms with Crippen LogP contribution in [0.5, 0.6) is 11.5 Å². The zero-order chi connectivity index (χ0) is 24.2. The third-order valence-corrected chi connectivity index (χ3v) is 7.40. The van der Waals surface area contributed by atoms with Gasteiger partial charge in [-0.3, -0.25) is 19.3 Å². The summed E-state index contributed by atoms with van der Waals surface area (Å²) in [4.78, 5) is 42.3. The first-order valence-corrected chi connectivity index (χ1v) is 11.0. The van der Waals surface area contributed by atoms with E-state index in [1.807, 2.05) is 35.2 Å². The summed E-state index contributed by atoms with van der Waals surface area (Å²) in [6.45, 7) is 0.442. The second-order valence-electron chi connectivity index (χ2n) is 8.63. The molecule has 1 spiro atoms. The van der Waals surface area contributed by atoms with Crippen LogP contribution in [-0.4, -0.2) is 63.8 Å². The van der Waals surface area contributed by atoms with E-state index in [1.54, 1.807) is 20.3 Å². The van der Waals surface area contributed by atoms with Crippen LogP contribution in [0.4, 0.5) is 5.69 Å². The van der Waals surface area contributed by atoms with Gasteiger partial charge >= 0.3 is 11.9 Å². The van der Waals surface area contributed by atoms with Crippen molar-refractivity contribution in [3.8, 4) is 11.5 Å². The Morgan fingerprint density at radius 2 is 1.68 bits per heavy atom. The van der Waals surface area contributed by atoms with Gasteiger partial charge in [-0.1, -0.05) is 18.2 Å². The number of anilines is 1. The van der Waals surface area contributed by atoms with E-state index in [9.17, 15) is 14.4 Å². The number of carbonyl (C=O) groups is 3. The van der Waals surface area contributed by atoms with Crippen LogP contribution in [0.2, 0.25) is 0 Å². The summed E-state index contributed by atoms with van der Waals surface area (Å²) in [7, 11) is 5.66. The molecule has 4 atom stereocenters. The molecule has 9 heteroatoms. The molecule has 5 rings (SSSR count). The number of nitrogens with one attached hydrogen (secondary N) is 1. The van der Waals surface area contributed by atoms with Gasteiger partial charge in [0.25, 0.3) is 0 Å². The number of hydrogen-bond acceptors (Lipinski definition) is 8. The number of benzene rings is 2. The van der Waals surface area contributed by atoms with Crippen molar-refractivity contribution in [3.05, 3.63) is 53.1 Å². The summed E-state index contributed by atoms with van der Waals surface area (Å²) in [5.74, 6) is -1.61. The van der Waals surface area contributed by atoms with E-state index in [4.69, 9.17) is 18.9 Å². The number of fused-ring (bicyclic) bond motifs is 6. The summed E-state index contributed by atoms with van der Waals surface area (Å²) in [5, 5.41) is 2.95. The van der Waals surface area contributed by atoms with Crippen molar-refractivity contribution < 1.29 is 33.3 Å². The maximum atomic E-state index is 13.9. The molecule has 3 heterocycles. The van der Waals surface area contributed by atoms with Gasteiger partial charge in [-0.15, -0.1) is 0 Å². The van der Waals surface area contributed by atoms with E-state index in [1.165, 1.54) is 14.2 Å². The van der Waals surface area contributed by atoms with Gasteiger partial charge in [-0.2, -0.15) is 0 Å². The highest BCUT2D eigenvalue weighted by atomic mass is 16.5. The van der Waals surface area contributed by atoms with E-state index in [0.29, 0.717) is 35.7 Å². The topological polar surface area (TPSA) is 103 Å². The Bertz CT molecular complexity index is 1200. The highest BCUT2D eigenvalue weighted by Crippen LogP contribution is 2.62. The average molecular weight is 466 g/mol. The summed E-state index contributed by atoms with van der Waals surface area (Å²) in [6.07, 6.45) is 0.590. The quantitative estimate of drug-likeness (QED) is 0.681. The summed E-state index contributed by atoms with van der Waals surface area (Å²) in [5.41, 5.74) is 1.62. The monoisotopic (exact) mass is 466 g/mol. The van der Waals surface area contributed by atoms with E-state index in [-0.39, 0.29) is 5.91 Å². The third kappa shape index (κ3) is 2.73. The molecule has 178 valence electrons. The van der Waals surface area contributed by atoms with Crippen molar-refractivity contribution >= 4 is 23.5 Å². The van der Waals surface area contributed by atoms with Gasteiger partial charge in [0.05, 0.1) is 34.5 Å². The summed E-state index contributed by atoms with van der Waals surface area (Å²) >= 11 is 0. The van der Waals surface area contributed by atoms with Crippen molar-refractivity contribution in [3.63, 3.8) is 0 Å². The molecule has 2 aromatic carbocycles. The molecule has 0 aliphatic carbocycles. The highest BCUT2D eigenvalue weighted by Gasteiger charge is 2.72. The van der Waals surface area contributed by atoms with Crippen LogP contribution in [-0.2, 0) is 35.7 Å². The predicted octanol–water partition coefficient (Wildman–Crippen LogP) is 1.84. The Kier molecular flexibility index (Phi) is 5.24. The molecule has 0 aromatic heterocycles. The third-order valence-electron chi connectivity index (χ3n) is 7.40. The van der Waals surface area contributed by atoms with Gasteiger partial charge in [0.15, 0.2) is 11.5 Å². The van der Waals surface area contributed by atoms with E-state index < -0.39 is 35.4 Å². The summed E-state index contributed by atoms with van der Waals surface area (Å²) in [6, 6.07) is 9.38. The number of amides is 1. The first-order valence-electron chi connectivity index (χ1n) is 11.0. The second-order valence-corrected chi connectivity index (χ2v) is 8.63. The van der Waals surface area contributed by atoms with Gasteiger partial charge in [0.1, 0.15) is 17.4 Å². The van der Waals surface area contributed by atoms with Crippen LogP contribution in [0.25, 0.3) is 0 Å². The predicted molar refractivity (Wildman–Crippen MR) is 121 cm³/mol. The lowest BCUT2D eigenvalue weighted by molar-refractivity contribution is -0.158. The first kappa shape index (κ1) is 22.2. The van der Waals surface area contributed by atoms with E-state index in [0.717, 1.165) is 11.1 Å². The van der Waals surface area contributed by atoms with Crippen molar-refractivity contribution in [2.24, 2.45) is 5.92 Å². The number of rotatable bonds is 4. The number of carbonyl (C=O) groups excluding carboxylic acids is 3. The molecule has 3 aliphatic heterocycles. The Labute approximate surface area is 196 Å². The molecule has 0 unspecified atom stereocenters. The minimum Gasteiger partial charge on any atom is -0.493 e. The van der Waals surface area contributed by atoms with E-state index >= 15 is 0 Å². The summed E-state index contributed by atoms with van der Waals surface area (Å²) < 4.78 is 21.4. The molecule has 1 fully saturated rings. The molecule has 1 saturated heterocycles. The number of esters is 2. The first-order chi connectivity index (χ1) is 16.4. The fourth-order valence-corrected chi connectivity index (χ4v) is 6.10. The fraction of sp³-hybridized carbons (Fsp3) is 0.400. The van der Waals surface area contributed by atoms with Crippen LogP contribution in [0.15, 0.2) is 36.4 Å². The van der Waals surface area contributed by atoms with Gasteiger partial charge < -0.3 is 24.3 Å². The number of hydrogen-bond donors (Lipinski definition) is 1. The average Bonchev–Trinajstić information content (AvgIpc) is 3.34. The fourth-order valence-electron chi connectivity index (χ4n) is 6.10. The molecular weight excluding hydrogens is 440 g/mol. The lowest BCUT2D eigenvalue weighted by atomic mass is 9.64. The minimum atomic E-state index is -1.41. The van der Waals surface area contributed by atoms with Crippen molar-refractivity contribution in [1.29, 1.82) is 0 Å². The zero-order valence-corrected chi connectivity index (χ0v) is 19.4. The van der Waals surface area contributed by atoms with Crippen molar-refractivity contribution in [2.75, 3.05) is 40.3 Å². The zero-order valence-electron chi connectivity index (χ0n) is 19.4. The molecule has 34 heavy (non-hydrogen) atoms. The number of ether oxygens (including phenoxy) is 4. The lowest BCUT2D eigenvalue weighted by Gasteiger charge is -2.40. The second kappa shape index (κ2) is 8.02. The van der Waals surface area contributed by atoms with Gasteiger partial charge in [0, 0.05) is 12.2 Å². The molecule has 9 nitrogen and oxygen atoms in total. The molecule has 0 radical (unpaired) electrons. The molecule has 2 aromatic rings. The molecular formula is C25H26N2O7. The molecule has 1 amide bonds. The Balaban J connectivity index is 1.85. The Morgan fingerprint density at radius 1 is 1.00 bits per heavy atom. The smallest absolute Gasteiger partial charge is 0.324 e. The van der Waals surface area contributed by atoms with Crippen LogP contribution in [0.3, 0.4) is 0 Å². The molecule has 3 aliphatic rings. The van der Waals surface area contributed by atoms with Crippen molar-refractivity contribution in [2.45, 2.75) is 23.9 Å². The molecule has 0 saturated carbocycles. The number of para-hydroxylation sites is 1. The normalized spacial score (nSPS) is 26.8. The van der Waals surface area contributed by atoms with E-state index in [2.05, 4.69) is 5.32 Å². The van der Waals surface area contributed by atoms with Crippen molar-refractivity contribution in [1.82, 2.24) is 4.90 Å². The Hall–Kier alpha value is -3.59. The standard InChI is InChI=1S/C25H26N2O7/c1-31-17-11-13-9-10-27-20(23(29)34-4)19(22(28)33-3)25(21(27)14(13)12-18(17)32-2)15-7-5-6-8-16(15)26-24(25)30/h5-8,11-12,19-21H,9-10H2,1-4H3,(H,26,30)/t19-,20+,21-,25-/m0/s1. The SMILES string of the molecule is COC(=O)[C@@H]1[C@H](C(=O)OC)N2CCc3cc(OC)c(OC)cc3[C@H]2[C@@]12C(=O)Nc1ccccc12. The maximum Gasteiger partial charge on any atom is 0.324 e. The lowest BCUT2D eigenvalue weighted by Crippen LogP contribution is -2.49.